The second-order valence-electron chi connectivity index (χ2n) is 9.35. The van der Waals surface area contributed by atoms with Crippen LogP contribution in [-0.2, 0) is 9.47 Å². The minimum Gasteiger partial charge on any atom is -0.381 e. The van der Waals surface area contributed by atoms with Gasteiger partial charge in [-0.15, -0.1) is 24.0 Å². The molecule has 0 atom stereocenters. The van der Waals surface area contributed by atoms with Gasteiger partial charge in [-0.25, -0.2) is 0 Å². The van der Waals surface area contributed by atoms with Crippen LogP contribution in [0.2, 0.25) is 0 Å². The highest BCUT2D eigenvalue weighted by molar-refractivity contribution is 14.0. The van der Waals surface area contributed by atoms with Gasteiger partial charge in [0.05, 0.1) is 6.10 Å². The molecule has 1 aliphatic carbocycles. The molecular formula is C23H45IN4O2. The summed E-state index contributed by atoms with van der Waals surface area (Å²) >= 11 is 0. The van der Waals surface area contributed by atoms with E-state index in [9.17, 15) is 0 Å². The molecule has 3 rings (SSSR count). The average Bonchev–Trinajstić information content (AvgIpc) is 2.77. The van der Waals surface area contributed by atoms with Crippen LogP contribution in [0.1, 0.15) is 58.8 Å². The number of guanidine groups is 1. The molecule has 2 heterocycles. The van der Waals surface area contributed by atoms with Crippen molar-refractivity contribution in [1.82, 2.24) is 15.1 Å². The summed E-state index contributed by atoms with van der Waals surface area (Å²) in [6.07, 6.45) is 9.12. The lowest BCUT2D eigenvalue weighted by molar-refractivity contribution is -0.0320. The maximum Gasteiger partial charge on any atom is 0.193 e. The summed E-state index contributed by atoms with van der Waals surface area (Å²) in [6.45, 7) is 12.7. The number of halogens is 1. The highest BCUT2D eigenvalue weighted by atomic mass is 127. The Morgan fingerprint density at radius 1 is 1.03 bits per heavy atom. The van der Waals surface area contributed by atoms with E-state index in [0.717, 1.165) is 82.6 Å². The number of hydrogen-bond acceptors (Lipinski definition) is 4. The van der Waals surface area contributed by atoms with Crippen molar-refractivity contribution >= 4 is 29.9 Å². The molecule has 7 heteroatoms. The molecule has 3 aliphatic rings. The van der Waals surface area contributed by atoms with Gasteiger partial charge in [0.15, 0.2) is 5.96 Å². The first-order chi connectivity index (χ1) is 14.2. The molecule has 0 unspecified atom stereocenters. The number of hydrogen-bond donors (Lipinski definition) is 1. The van der Waals surface area contributed by atoms with Crippen molar-refractivity contribution in [3.8, 4) is 0 Å². The van der Waals surface area contributed by atoms with Crippen LogP contribution in [0, 0.1) is 11.8 Å². The Kier molecular flexibility index (Phi) is 12.3. The molecule has 3 fully saturated rings. The Morgan fingerprint density at radius 3 is 2.30 bits per heavy atom. The molecule has 1 N–H and O–H groups in total. The first-order valence-corrected chi connectivity index (χ1v) is 12.1. The third-order valence-electron chi connectivity index (χ3n) is 7.15. The molecule has 30 heavy (non-hydrogen) atoms. The number of rotatable bonds is 7. The van der Waals surface area contributed by atoms with Gasteiger partial charge in [-0.1, -0.05) is 13.8 Å². The Hall–Kier alpha value is -0.120. The quantitative estimate of drug-likeness (QED) is 0.233. The van der Waals surface area contributed by atoms with Gasteiger partial charge in [0.1, 0.15) is 0 Å². The van der Waals surface area contributed by atoms with Gasteiger partial charge in [0, 0.05) is 65.6 Å². The van der Waals surface area contributed by atoms with Gasteiger partial charge in [-0.2, -0.15) is 0 Å². The zero-order valence-corrected chi connectivity index (χ0v) is 21.8. The molecule has 0 aromatic rings. The highest BCUT2D eigenvalue weighted by Crippen LogP contribution is 2.32. The lowest BCUT2D eigenvalue weighted by atomic mass is 9.79. The fourth-order valence-electron chi connectivity index (χ4n) is 5.13. The zero-order chi connectivity index (χ0) is 20.5. The van der Waals surface area contributed by atoms with Crippen LogP contribution in [0.4, 0.5) is 0 Å². The van der Waals surface area contributed by atoms with E-state index >= 15 is 0 Å². The normalized spacial score (nSPS) is 27.2. The van der Waals surface area contributed by atoms with Crippen LogP contribution in [0.25, 0.3) is 0 Å². The summed E-state index contributed by atoms with van der Waals surface area (Å²) in [6, 6.07) is 0.810. The second-order valence-corrected chi connectivity index (χ2v) is 9.35. The van der Waals surface area contributed by atoms with E-state index in [4.69, 9.17) is 9.47 Å². The number of ether oxygens (including phenoxy) is 2. The molecule has 176 valence electrons. The Morgan fingerprint density at radius 2 is 1.70 bits per heavy atom. The molecule has 1 saturated carbocycles. The first-order valence-electron chi connectivity index (χ1n) is 12.1. The van der Waals surface area contributed by atoms with Crippen molar-refractivity contribution in [1.29, 1.82) is 0 Å². The summed E-state index contributed by atoms with van der Waals surface area (Å²) in [5.41, 5.74) is 0. The lowest BCUT2D eigenvalue weighted by Gasteiger charge is -2.43. The summed E-state index contributed by atoms with van der Waals surface area (Å²) in [5.74, 6) is 2.86. The van der Waals surface area contributed by atoms with Crippen molar-refractivity contribution in [3.05, 3.63) is 0 Å². The third kappa shape index (κ3) is 8.10. The lowest BCUT2D eigenvalue weighted by Crippen LogP contribution is -2.55. The van der Waals surface area contributed by atoms with Crippen LogP contribution in [0.3, 0.4) is 0 Å². The first kappa shape index (κ1) is 26.1. The monoisotopic (exact) mass is 536 g/mol. The van der Waals surface area contributed by atoms with Crippen molar-refractivity contribution in [2.24, 2.45) is 16.8 Å². The number of nitrogens with zero attached hydrogens (tertiary/aromatic N) is 3. The van der Waals surface area contributed by atoms with Crippen molar-refractivity contribution in [2.75, 3.05) is 59.6 Å². The van der Waals surface area contributed by atoms with Gasteiger partial charge >= 0.3 is 0 Å². The minimum atomic E-state index is 0. The number of nitrogens with one attached hydrogen (secondary N) is 1. The molecule has 0 spiro atoms. The molecule has 2 saturated heterocycles. The zero-order valence-electron chi connectivity index (χ0n) is 19.5. The molecule has 2 aliphatic heterocycles. The molecule has 0 aromatic heterocycles. The molecule has 0 amide bonds. The van der Waals surface area contributed by atoms with E-state index < -0.39 is 0 Å². The Bertz CT molecular complexity index is 484. The van der Waals surface area contributed by atoms with Crippen molar-refractivity contribution in [3.63, 3.8) is 0 Å². The van der Waals surface area contributed by atoms with E-state index in [1.165, 1.54) is 38.8 Å². The fraction of sp³-hybridized carbons (Fsp3) is 0.957. The Labute approximate surface area is 201 Å². The van der Waals surface area contributed by atoms with Crippen molar-refractivity contribution in [2.45, 2.75) is 70.9 Å². The SMILES string of the molecule is CN=C(NCCCOC1CCOCC1)N1CCN(C2CCC(C(C)C)CC2)CC1.I. The maximum atomic E-state index is 5.97. The predicted molar refractivity (Wildman–Crippen MR) is 135 cm³/mol. The van der Waals surface area contributed by atoms with Gasteiger partial charge < -0.3 is 19.7 Å². The van der Waals surface area contributed by atoms with E-state index in [2.05, 4.69) is 34.0 Å². The average molecular weight is 537 g/mol. The topological polar surface area (TPSA) is 49.3 Å². The van der Waals surface area contributed by atoms with Crippen molar-refractivity contribution < 1.29 is 9.47 Å². The van der Waals surface area contributed by atoms with Gasteiger partial charge in [0.2, 0.25) is 0 Å². The third-order valence-corrected chi connectivity index (χ3v) is 7.15. The van der Waals surface area contributed by atoms with E-state index in [1.807, 2.05) is 7.05 Å². The predicted octanol–water partition coefficient (Wildman–Crippen LogP) is 3.60. The van der Waals surface area contributed by atoms with Crippen LogP contribution in [-0.4, -0.2) is 87.5 Å². The molecular weight excluding hydrogens is 491 g/mol. The summed E-state index contributed by atoms with van der Waals surface area (Å²) in [7, 11) is 1.90. The molecule has 0 aromatic carbocycles. The summed E-state index contributed by atoms with van der Waals surface area (Å²) in [4.78, 5) is 9.69. The van der Waals surface area contributed by atoms with E-state index in [-0.39, 0.29) is 24.0 Å². The molecule has 6 nitrogen and oxygen atoms in total. The Balaban J connectivity index is 0.00000320. The fourth-order valence-corrected chi connectivity index (χ4v) is 5.13. The molecule has 0 bridgehead atoms. The van der Waals surface area contributed by atoms with Gasteiger partial charge in [0.25, 0.3) is 0 Å². The number of piperazine rings is 1. The van der Waals surface area contributed by atoms with Crippen LogP contribution >= 0.6 is 24.0 Å². The smallest absolute Gasteiger partial charge is 0.193 e. The largest absolute Gasteiger partial charge is 0.381 e. The van der Waals surface area contributed by atoms with Crippen LogP contribution in [0.5, 0.6) is 0 Å². The van der Waals surface area contributed by atoms with Crippen LogP contribution < -0.4 is 5.32 Å². The van der Waals surface area contributed by atoms with Crippen LogP contribution in [0.15, 0.2) is 4.99 Å². The minimum absolute atomic E-state index is 0. The summed E-state index contributed by atoms with van der Waals surface area (Å²) in [5, 5.41) is 3.54. The highest BCUT2D eigenvalue weighted by Gasteiger charge is 2.29. The van der Waals surface area contributed by atoms with E-state index in [1.54, 1.807) is 0 Å². The maximum absolute atomic E-state index is 5.97. The second kappa shape index (κ2) is 14.1. The van der Waals surface area contributed by atoms with Gasteiger partial charge in [-0.3, -0.25) is 9.89 Å². The van der Waals surface area contributed by atoms with Gasteiger partial charge in [-0.05, 0) is 56.8 Å². The molecule has 0 radical (unpaired) electrons. The van der Waals surface area contributed by atoms with E-state index in [0.29, 0.717) is 6.10 Å². The number of aliphatic imine (C=N–C) groups is 1. The standard InChI is InChI=1S/C23H44N4O2.HI/c1-19(2)20-5-7-21(8-6-20)26-12-14-27(15-13-26)23(24-3)25-11-4-16-29-22-9-17-28-18-10-22;/h19-22H,4-18H2,1-3H3,(H,24,25);1H. The summed E-state index contributed by atoms with van der Waals surface area (Å²) < 4.78 is 11.4.